The molecular weight excluding hydrogens is 305 g/mol. The van der Waals surface area contributed by atoms with E-state index in [1.54, 1.807) is 25.3 Å². The molecular formula is C20H22FNO2. The Hall–Kier alpha value is -2.36. The number of nitrogens with zero attached hydrogens (tertiary/aromatic N) is 1. The Morgan fingerprint density at radius 3 is 2.83 bits per heavy atom. The van der Waals surface area contributed by atoms with Gasteiger partial charge in [-0.15, -0.1) is 0 Å². The van der Waals surface area contributed by atoms with Gasteiger partial charge in [-0.2, -0.15) is 0 Å². The average molecular weight is 327 g/mol. The van der Waals surface area contributed by atoms with Gasteiger partial charge in [0, 0.05) is 13.0 Å². The van der Waals surface area contributed by atoms with E-state index in [0.29, 0.717) is 24.9 Å². The summed E-state index contributed by atoms with van der Waals surface area (Å²) in [5, 5.41) is 0. The van der Waals surface area contributed by atoms with Crippen LogP contribution in [0.3, 0.4) is 0 Å². The van der Waals surface area contributed by atoms with Crippen molar-refractivity contribution < 1.29 is 13.9 Å². The number of amides is 1. The Balaban J connectivity index is 1.70. The number of rotatable bonds is 4. The van der Waals surface area contributed by atoms with Crippen molar-refractivity contribution in [2.75, 3.05) is 13.7 Å². The molecule has 0 spiro atoms. The van der Waals surface area contributed by atoms with Crippen LogP contribution < -0.4 is 4.74 Å². The van der Waals surface area contributed by atoms with Crippen molar-refractivity contribution >= 4 is 5.91 Å². The molecule has 0 saturated carbocycles. The highest BCUT2D eigenvalue weighted by Crippen LogP contribution is 2.32. The van der Waals surface area contributed by atoms with Crippen LogP contribution in [0.5, 0.6) is 5.75 Å². The molecule has 0 fully saturated rings. The van der Waals surface area contributed by atoms with Gasteiger partial charge in [0.25, 0.3) is 0 Å². The number of carbonyl (C=O) groups is 1. The quantitative estimate of drug-likeness (QED) is 0.852. The summed E-state index contributed by atoms with van der Waals surface area (Å²) in [6.07, 6.45) is 1.60. The SMILES string of the molecule is COc1ccc2c(c1)C(C)N(C(=O)CCc1ccccc1F)CC2. The van der Waals surface area contributed by atoms with Gasteiger partial charge < -0.3 is 9.64 Å². The molecule has 0 aromatic heterocycles. The zero-order chi connectivity index (χ0) is 17.1. The van der Waals surface area contributed by atoms with Crippen LogP contribution in [0.4, 0.5) is 4.39 Å². The summed E-state index contributed by atoms with van der Waals surface area (Å²) in [6, 6.07) is 12.7. The number of hydrogen-bond donors (Lipinski definition) is 0. The van der Waals surface area contributed by atoms with E-state index in [2.05, 4.69) is 6.07 Å². The van der Waals surface area contributed by atoms with Crippen molar-refractivity contribution in [2.24, 2.45) is 0 Å². The van der Waals surface area contributed by atoms with Gasteiger partial charge in [-0.25, -0.2) is 4.39 Å². The maximum atomic E-state index is 13.7. The van der Waals surface area contributed by atoms with Crippen LogP contribution in [0.1, 0.15) is 36.1 Å². The lowest BCUT2D eigenvalue weighted by Crippen LogP contribution is -2.39. The number of halogens is 1. The second-order valence-corrected chi connectivity index (χ2v) is 6.17. The Morgan fingerprint density at radius 1 is 1.29 bits per heavy atom. The Labute approximate surface area is 142 Å². The molecule has 3 rings (SSSR count). The molecule has 4 heteroatoms. The number of hydrogen-bond acceptors (Lipinski definition) is 2. The van der Waals surface area contributed by atoms with E-state index in [1.165, 1.54) is 11.6 Å². The number of fused-ring (bicyclic) bond motifs is 1. The molecule has 1 heterocycles. The van der Waals surface area contributed by atoms with E-state index in [9.17, 15) is 9.18 Å². The lowest BCUT2D eigenvalue weighted by atomic mass is 9.92. The fourth-order valence-corrected chi connectivity index (χ4v) is 3.35. The summed E-state index contributed by atoms with van der Waals surface area (Å²) in [5.74, 6) is 0.632. The molecule has 0 bridgehead atoms. The van der Waals surface area contributed by atoms with Gasteiger partial charge in [0.05, 0.1) is 13.2 Å². The summed E-state index contributed by atoms with van der Waals surface area (Å²) < 4.78 is 19.0. The number of carbonyl (C=O) groups excluding carboxylic acids is 1. The summed E-state index contributed by atoms with van der Waals surface area (Å²) in [6.45, 7) is 2.75. The van der Waals surface area contributed by atoms with Gasteiger partial charge in [0.1, 0.15) is 11.6 Å². The lowest BCUT2D eigenvalue weighted by molar-refractivity contribution is -0.133. The van der Waals surface area contributed by atoms with Crippen LogP contribution in [0, 0.1) is 5.82 Å². The van der Waals surface area contributed by atoms with Gasteiger partial charge in [0.15, 0.2) is 0 Å². The Bertz CT molecular complexity index is 744. The smallest absolute Gasteiger partial charge is 0.223 e. The molecule has 1 aliphatic heterocycles. The molecule has 3 nitrogen and oxygen atoms in total. The van der Waals surface area contributed by atoms with Gasteiger partial charge in [-0.1, -0.05) is 24.3 Å². The van der Waals surface area contributed by atoms with Gasteiger partial charge in [-0.05, 0) is 54.7 Å². The normalized spacial score (nSPS) is 16.6. The molecule has 1 amide bonds. The summed E-state index contributed by atoms with van der Waals surface area (Å²) in [4.78, 5) is 14.5. The Morgan fingerprint density at radius 2 is 2.08 bits per heavy atom. The molecule has 2 aromatic rings. The zero-order valence-electron chi connectivity index (χ0n) is 14.1. The Kier molecular flexibility index (Phi) is 4.84. The van der Waals surface area contributed by atoms with E-state index in [4.69, 9.17) is 4.74 Å². The third-order valence-corrected chi connectivity index (χ3v) is 4.78. The maximum Gasteiger partial charge on any atom is 0.223 e. The highest BCUT2D eigenvalue weighted by atomic mass is 19.1. The lowest BCUT2D eigenvalue weighted by Gasteiger charge is -2.35. The number of aryl methyl sites for hydroxylation is 1. The summed E-state index contributed by atoms with van der Waals surface area (Å²) in [7, 11) is 1.65. The molecule has 0 radical (unpaired) electrons. The van der Waals surface area contributed by atoms with E-state index in [0.717, 1.165) is 17.7 Å². The second kappa shape index (κ2) is 7.04. The number of ether oxygens (including phenoxy) is 1. The first-order valence-corrected chi connectivity index (χ1v) is 8.30. The highest BCUT2D eigenvalue weighted by Gasteiger charge is 2.27. The average Bonchev–Trinajstić information content (AvgIpc) is 2.61. The predicted octanol–water partition coefficient (Wildman–Crippen LogP) is 3.91. The standard InChI is InChI=1S/C20H22FNO2/c1-14-18-13-17(24-2)9-7-15(18)11-12-22(14)20(23)10-8-16-5-3-4-6-19(16)21/h3-7,9,13-14H,8,10-12H2,1-2H3. The molecule has 1 atom stereocenters. The third kappa shape index (κ3) is 3.28. The van der Waals surface area contributed by atoms with E-state index in [1.807, 2.05) is 24.0 Å². The van der Waals surface area contributed by atoms with Gasteiger partial charge in [-0.3, -0.25) is 4.79 Å². The first-order valence-electron chi connectivity index (χ1n) is 8.30. The largest absolute Gasteiger partial charge is 0.497 e. The molecule has 2 aromatic carbocycles. The number of methoxy groups -OCH3 is 1. The monoisotopic (exact) mass is 327 g/mol. The van der Waals surface area contributed by atoms with Gasteiger partial charge in [0.2, 0.25) is 5.91 Å². The molecule has 0 aliphatic carbocycles. The van der Waals surface area contributed by atoms with Gasteiger partial charge >= 0.3 is 0 Å². The fourth-order valence-electron chi connectivity index (χ4n) is 3.35. The van der Waals surface area contributed by atoms with Crippen molar-refractivity contribution in [3.05, 3.63) is 65.0 Å². The minimum absolute atomic E-state index is 0.0111. The molecule has 126 valence electrons. The predicted molar refractivity (Wildman–Crippen MR) is 91.5 cm³/mol. The van der Waals surface area contributed by atoms with Crippen LogP contribution in [0.25, 0.3) is 0 Å². The minimum atomic E-state index is -0.243. The second-order valence-electron chi connectivity index (χ2n) is 6.17. The molecule has 1 unspecified atom stereocenters. The molecule has 0 saturated heterocycles. The van der Waals surface area contributed by atoms with Crippen LogP contribution in [0.15, 0.2) is 42.5 Å². The minimum Gasteiger partial charge on any atom is -0.497 e. The van der Waals surface area contributed by atoms with Crippen LogP contribution in [-0.4, -0.2) is 24.5 Å². The van der Waals surface area contributed by atoms with E-state index in [-0.39, 0.29) is 17.8 Å². The van der Waals surface area contributed by atoms with Crippen LogP contribution in [-0.2, 0) is 17.6 Å². The third-order valence-electron chi connectivity index (χ3n) is 4.78. The van der Waals surface area contributed by atoms with Crippen molar-refractivity contribution in [1.82, 2.24) is 4.90 Å². The molecule has 1 aliphatic rings. The van der Waals surface area contributed by atoms with Crippen LogP contribution >= 0.6 is 0 Å². The topological polar surface area (TPSA) is 29.5 Å². The van der Waals surface area contributed by atoms with E-state index >= 15 is 0 Å². The van der Waals surface area contributed by atoms with E-state index < -0.39 is 0 Å². The van der Waals surface area contributed by atoms with Crippen molar-refractivity contribution in [1.29, 1.82) is 0 Å². The first-order chi connectivity index (χ1) is 11.6. The van der Waals surface area contributed by atoms with Crippen molar-refractivity contribution in [2.45, 2.75) is 32.2 Å². The van der Waals surface area contributed by atoms with Crippen molar-refractivity contribution in [3.63, 3.8) is 0 Å². The summed E-state index contributed by atoms with van der Waals surface area (Å²) >= 11 is 0. The number of benzene rings is 2. The summed E-state index contributed by atoms with van der Waals surface area (Å²) in [5.41, 5.74) is 3.00. The maximum absolute atomic E-state index is 13.7. The molecule has 24 heavy (non-hydrogen) atoms. The highest BCUT2D eigenvalue weighted by molar-refractivity contribution is 5.77. The van der Waals surface area contributed by atoms with Crippen LogP contribution in [0.2, 0.25) is 0 Å². The van der Waals surface area contributed by atoms with Crippen molar-refractivity contribution in [3.8, 4) is 5.75 Å². The first kappa shape index (κ1) is 16.5. The zero-order valence-corrected chi connectivity index (χ0v) is 14.1. The fraction of sp³-hybridized carbons (Fsp3) is 0.350. The molecule has 0 N–H and O–H groups in total.